The molecule has 0 aromatic rings. The molecule has 1 saturated carbocycles. The Morgan fingerprint density at radius 1 is 1.16 bits per heavy atom. The first-order valence-electron chi connectivity index (χ1n) is 8.39. The van der Waals surface area contributed by atoms with E-state index in [-0.39, 0.29) is 0 Å². The molecule has 0 aliphatic heterocycles. The fourth-order valence-electron chi connectivity index (χ4n) is 3.46. The van der Waals surface area contributed by atoms with E-state index in [9.17, 15) is 0 Å². The molecule has 3 atom stereocenters. The lowest BCUT2D eigenvalue weighted by atomic mass is 9.71. The van der Waals surface area contributed by atoms with Gasteiger partial charge < -0.3 is 10.1 Å². The predicted octanol–water partition coefficient (Wildman–Crippen LogP) is 4.24. The SMILES string of the molecule is CCC1CCC(CNC(C)C)C(CCCCOC)C1. The summed E-state index contributed by atoms with van der Waals surface area (Å²) in [6.45, 7) is 9.03. The van der Waals surface area contributed by atoms with Gasteiger partial charge in [-0.1, -0.05) is 46.5 Å². The molecular formula is C17H35NO. The minimum absolute atomic E-state index is 0.623. The first kappa shape index (κ1) is 17.0. The summed E-state index contributed by atoms with van der Waals surface area (Å²) in [7, 11) is 1.81. The Morgan fingerprint density at radius 2 is 1.95 bits per heavy atom. The monoisotopic (exact) mass is 269 g/mol. The standard InChI is InChI=1S/C17H35NO/c1-5-15-9-10-17(13-18-14(2)3)16(12-15)8-6-7-11-19-4/h14-18H,5-13H2,1-4H3. The lowest BCUT2D eigenvalue weighted by Crippen LogP contribution is -2.36. The van der Waals surface area contributed by atoms with Crippen LogP contribution >= 0.6 is 0 Å². The van der Waals surface area contributed by atoms with Crippen LogP contribution in [0.3, 0.4) is 0 Å². The van der Waals surface area contributed by atoms with Crippen LogP contribution in [0, 0.1) is 17.8 Å². The molecule has 19 heavy (non-hydrogen) atoms. The van der Waals surface area contributed by atoms with Gasteiger partial charge in [-0.2, -0.15) is 0 Å². The van der Waals surface area contributed by atoms with Crippen molar-refractivity contribution in [1.82, 2.24) is 5.32 Å². The molecule has 0 radical (unpaired) electrons. The summed E-state index contributed by atoms with van der Waals surface area (Å²) >= 11 is 0. The normalized spacial score (nSPS) is 27.9. The molecule has 1 fully saturated rings. The highest BCUT2D eigenvalue weighted by atomic mass is 16.5. The number of nitrogens with one attached hydrogen (secondary N) is 1. The third-order valence-corrected chi connectivity index (χ3v) is 4.79. The summed E-state index contributed by atoms with van der Waals surface area (Å²) in [6.07, 6.45) is 9.71. The summed E-state index contributed by atoms with van der Waals surface area (Å²) in [5, 5.41) is 3.65. The van der Waals surface area contributed by atoms with Crippen molar-refractivity contribution in [2.75, 3.05) is 20.3 Å². The van der Waals surface area contributed by atoms with Crippen molar-refractivity contribution in [2.24, 2.45) is 17.8 Å². The van der Waals surface area contributed by atoms with Crippen LogP contribution in [0.25, 0.3) is 0 Å². The van der Waals surface area contributed by atoms with E-state index in [1.165, 1.54) is 51.5 Å². The smallest absolute Gasteiger partial charge is 0.0462 e. The first-order chi connectivity index (χ1) is 9.17. The van der Waals surface area contributed by atoms with Crippen molar-refractivity contribution in [3.63, 3.8) is 0 Å². The van der Waals surface area contributed by atoms with E-state index in [0.29, 0.717) is 6.04 Å². The zero-order valence-electron chi connectivity index (χ0n) is 13.6. The van der Waals surface area contributed by atoms with Gasteiger partial charge in [0.25, 0.3) is 0 Å². The maximum Gasteiger partial charge on any atom is 0.0462 e. The highest BCUT2D eigenvalue weighted by Crippen LogP contribution is 2.38. The summed E-state index contributed by atoms with van der Waals surface area (Å²) in [5.41, 5.74) is 0. The zero-order chi connectivity index (χ0) is 14.1. The van der Waals surface area contributed by atoms with Crippen molar-refractivity contribution < 1.29 is 4.74 Å². The second-order valence-electron chi connectivity index (χ2n) is 6.66. The quantitative estimate of drug-likeness (QED) is 0.632. The maximum absolute atomic E-state index is 5.17. The van der Waals surface area contributed by atoms with Crippen molar-refractivity contribution in [1.29, 1.82) is 0 Å². The van der Waals surface area contributed by atoms with E-state index in [0.717, 1.165) is 24.4 Å². The van der Waals surface area contributed by atoms with Crippen molar-refractivity contribution in [3.05, 3.63) is 0 Å². The second-order valence-corrected chi connectivity index (χ2v) is 6.66. The Kier molecular flexibility index (Phi) is 8.72. The second kappa shape index (κ2) is 9.77. The largest absolute Gasteiger partial charge is 0.385 e. The minimum atomic E-state index is 0.623. The molecule has 2 nitrogen and oxygen atoms in total. The third kappa shape index (κ3) is 6.76. The average Bonchev–Trinajstić information content (AvgIpc) is 2.41. The first-order valence-corrected chi connectivity index (χ1v) is 8.39. The molecule has 114 valence electrons. The molecule has 1 aliphatic rings. The Morgan fingerprint density at radius 3 is 2.58 bits per heavy atom. The summed E-state index contributed by atoms with van der Waals surface area (Å²) in [5.74, 6) is 2.84. The Bertz CT molecular complexity index is 217. The van der Waals surface area contributed by atoms with Crippen molar-refractivity contribution in [2.45, 2.75) is 71.8 Å². The molecule has 0 aromatic heterocycles. The van der Waals surface area contributed by atoms with E-state index >= 15 is 0 Å². The van der Waals surface area contributed by atoms with Crippen LogP contribution in [0.15, 0.2) is 0 Å². The van der Waals surface area contributed by atoms with E-state index in [4.69, 9.17) is 4.74 Å². The van der Waals surface area contributed by atoms with Crippen LogP contribution in [-0.4, -0.2) is 26.3 Å². The number of unbranched alkanes of at least 4 members (excludes halogenated alkanes) is 1. The van der Waals surface area contributed by atoms with Gasteiger partial charge in [-0.25, -0.2) is 0 Å². The fraction of sp³-hybridized carbons (Fsp3) is 1.00. The Hall–Kier alpha value is -0.0800. The highest BCUT2D eigenvalue weighted by Gasteiger charge is 2.29. The van der Waals surface area contributed by atoms with Crippen LogP contribution in [0.5, 0.6) is 0 Å². The van der Waals surface area contributed by atoms with Crippen LogP contribution in [-0.2, 0) is 4.74 Å². The van der Waals surface area contributed by atoms with Gasteiger partial charge in [-0.05, 0) is 43.6 Å². The molecule has 1 rings (SSSR count). The maximum atomic E-state index is 5.17. The molecule has 3 unspecified atom stereocenters. The summed E-state index contributed by atoms with van der Waals surface area (Å²) < 4.78 is 5.17. The topological polar surface area (TPSA) is 21.3 Å². The van der Waals surface area contributed by atoms with Crippen LogP contribution in [0.4, 0.5) is 0 Å². The van der Waals surface area contributed by atoms with Gasteiger partial charge in [0.2, 0.25) is 0 Å². The lowest BCUT2D eigenvalue weighted by molar-refractivity contribution is 0.148. The van der Waals surface area contributed by atoms with Gasteiger partial charge in [0.05, 0.1) is 0 Å². The molecule has 0 amide bonds. The van der Waals surface area contributed by atoms with Gasteiger partial charge >= 0.3 is 0 Å². The third-order valence-electron chi connectivity index (χ3n) is 4.79. The highest BCUT2D eigenvalue weighted by molar-refractivity contribution is 4.81. The van der Waals surface area contributed by atoms with Crippen LogP contribution < -0.4 is 5.32 Å². The van der Waals surface area contributed by atoms with Crippen molar-refractivity contribution in [3.8, 4) is 0 Å². The van der Waals surface area contributed by atoms with E-state index in [2.05, 4.69) is 26.1 Å². The number of hydrogen-bond acceptors (Lipinski definition) is 2. The van der Waals surface area contributed by atoms with Crippen molar-refractivity contribution >= 4 is 0 Å². The van der Waals surface area contributed by atoms with E-state index in [1.54, 1.807) is 0 Å². The van der Waals surface area contributed by atoms with Gasteiger partial charge in [0.15, 0.2) is 0 Å². The average molecular weight is 269 g/mol. The zero-order valence-corrected chi connectivity index (χ0v) is 13.6. The molecule has 0 spiro atoms. The fourth-order valence-corrected chi connectivity index (χ4v) is 3.46. The molecule has 2 heteroatoms. The van der Waals surface area contributed by atoms with Gasteiger partial charge in [0.1, 0.15) is 0 Å². The van der Waals surface area contributed by atoms with E-state index in [1.807, 2.05) is 7.11 Å². The predicted molar refractivity (Wildman–Crippen MR) is 83.5 cm³/mol. The molecular weight excluding hydrogens is 234 g/mol. The molecule has 1 N–H and O–H groups in total. The van der Waals surface area contributed by atoms with Crippen LogP contribution in [0.1, 0.15) is 65.7 Å². The number of ether oxygens (including phenoxy) is 1. The molecule has 0 heterocycles. The summed E-state index contributed by atoms with van der Waals surface area (Å²) in [6, 6.07) is 0.623. The Labute approximate surface area is 120 Å². The lowest BCUT2D eigenvalue weighted by Gasteiger charge is -2.36. The van der Waals surface area contributed by atoms with Gasteiger partial charge in [-0.3, -0.25) is 0 Å². The van der Waals surface area contributed by atoms with E-state index < -0.39 is 0 Å². The van der Waals surface area contributed by atoms with Gasteiger partial charge in [-0.15, -0.1) is 0 Å². The Balaban J connectivity index is 2.36. The number of hydrogen-bond donors (Lipinski definition) is 1. The number of rotatable bonds is 9. The summed E-state index contributed by atoms with van der Waals surface area (Å²) in [4.78, 5) is 0. The molecule has 0 saturated heterocycles. The molecule has 0 bridgehead atoms. The van der Waals surface area contributed by atoms with Crippen LogP contribution in [0.2, 0.25) is 0 Å². The number of methoxy groups -OCH3 is 1. The molecule has 1 aliphatic carbocycles. The molecule has 0 aromatic carbocycles. The minimum Gasteiger partial charge on any atom is -0.385 e. The van der Waals surface area contributed by atoms with Gasteiger partial charge in [0, 0.05) is 19.8 Å².